The van der Waals surface area contributed by atoms with Crippen LogP contribution in [0.25, 0.3) is 0 Å². The van der Waals surface area contributed by atoms with E-state index in [0.717, 1.165) is 0 Å². The predicted octanol–water partition coefficient (Wildman–Crippen LogP) is -1.78. The zero-order chi connectivity index (χ0) is 18.9. The highest BCUT2D eigenvalue weighted by atomic mass is 16.6. The molecule has 6 N–H and O–H groups in total. The number of aliphatic hydroxyl groups is 4. The quantitative estimate of drug-likeness (QED) is 0.340. The fraction of sp³-hybridized carbons (Fsp3) is 0.867. The molecule has 0 radical (unpaired) electrons. The molecule has 1 saturated heterocycles. The molecule has 6 atom stereocenters. The van der Waals surface area contributed by atoms with Crippen molar-refractivity contribution in [1.82, 2.24) is 5.32 Å². The highest BCUT2D eigenvalue weighted by Crippen LogP contribution is 2.43. The Bertz CT molecular complexity index is 477. The molecule has 140 valence electrons. The molecule has 6 unspecified atom stereocenters. The number of carbonyl (C=O) groups is 2. The van der Waals surface area contributed by atoms with Crippen molar-refractivity contribution < 1.29 is 39.9 Å². The first-order chi connectivity index (χ1) is 10.9. The van der Waals surface area contributed by atoms with E-state index in [1.165, 1.54) is 6.92 Å². The molecule has 24 heavy (non-hydrogen) atoms. The van der Waals surface area contributed by atoms with Crippen LogP contribution in [0, 0.1) is 5.41 Å². The molecule has 0 aliphatic carbocycles. The van der Waals surface area contributed by atoms with E-state index >= 15 is 0 Å². The molecule has 1 amide bonds. The van der Waals surface area contributed by atoms with Gasteiger partial charge in [-0.05, 0) is 0 Å². The number of carbonyl (C=O) groups excluding carboxylic acids is 1. The fourth-order valence-electron chi connectivity index (χ4n) is 2.96. The van der Waals surface area contributed by atoms with Gasteiger partial charge in [-0.2, -0.15) is 0 Å². The van der Waals surface area contributed by atoms with Gasteiger partial charge in [-0.1, -0.05) is 20.8 Å². The highest BCUT2D eigenvalue weighted by Gasteiger charge is 2.59. The molecule has 9 nitrogen and oxygen atoms in total. The topological polar surface area (TPSA) is 157 Å². The third-order valence-electron chi connectivity index (χ3n) is 4.45. The van der Waals surface area contributed by atoms with E-state index < -0.39 is 60.0 Å². The summed E-state index contributed by atoms with van der Waals surface area (Å²) < 4.78 is 5.67. The maximum absolute atomic E-state index is 11.9. The lowest BCUT2D eigenvalue weighted by molar-refractivity contribution is -0.253. The lowest BCUT2D eigenvalue weighted by Crippen LogP contribution is -2.70. The molecule has 1 heterocycles. The van der Waals surface area contributed by atoms with Gasteiger partial charge in [0.15, 0.2) is 5.60 Å². The first kappa shape index (κ1) is 20.8. The van der Waals surface area contributed by atoms with E-state index in [1.807, 2.05) is 0 Å². The lowest BCUT2D eigenvalue weighted by Gasteiger charge is -2.51. The minimum Gasteiger partial charge on any atom is -0.479 e. The molecule has 0 aromatic rings. The van der Waals surface area contributed by atoms with Gasteiger partial charge in [0.1, 0.15) is 18.3 Å². The smallest absolute Gasteiger partial charge is 0.336 e. The number of carboxylic acids is 1. The summed E-state index contributed by atoms with van der Waals surface area (Å²) in [7, 11) is 0. The fourth-order valence-corrected chi connectivity index (χ4v) is 2.96. The standard InChI is InChI=1S/C15H27NO8/c1-7(18)16-10-8(19)5-15(13(22)23,14(2,3)4)24-12(10)11(21)9(20)6-17/h8-12,17,19-21H,5-6H2,1-4H3,(H,16,18)(H,22,23). The van der Waals surface area contributed by atoms with Gasteiger partial charge in [-0.15, -0.1) is 0 Å². The van der Waals surface area contributed by atoms with Gasteiger partial charge in [0.05, 0.1) is 18.8 Å². The van der Waals surface area contributed by atoms with Crippen LogP contribution in [0.3, 0.4) is 0 Å². The van der Waals surface area contributed by atoms with Crippen LogP contribution in [0.1, 0.15) is 34.1 Å². The largest absolute Gasteiger partial charge is 0.479 e. The Balaban J connectivity index is 3.32. The number of rotatable bonds is 5. The van der Waals surface area contributed by atoms with Gasteiger partial charge in [-0.3, -0.25) is 4.79 Å². The number of aliphatic hydroxyl groups excluding tert-OH is 4. The monoisotopic (exact) mass is 349 g/mol. The van der Waals surface area contributed by atoms with Crippen molar-refractivity contribution in [3.05, 3.63) is 0 Å². The summed E-state index contributed by atoms with van der Waals surface area (Å²) in [5.74, 6) is -1.84. The van der Waals surface area contributed by atoms with Crippen molar-refractivity contribution in [3.8, 4) is 0 Å². The zero-order valence-corrected chi connectivity index (χ0v) is 14.3. The van der Waals surface area contributed by atoms with Gasteiger partial charge >= 0.3 is 5.97 Å². The first-order valence-electron chi connectivity index (χ1n) is 7.70. The van der Waals surface area contributed by atoms with E-state index in [2.05, 4.69) is 5.32 Å². The molecule has 0 bridgehead atoms. The van der Waals surface area contributed by atoms with Crippen LogP contribution in [0.4, 0.5) is 0 Å². The van der Waals surface area contributed by atoms with E-state index in [9.17, 15) is 30.0 Å². The molecular weight excluding hydrogens is 322 g/mol. The number of hydrogen-bond acceptors (Lipinski definition) is 7. The summed E-state index contributed by atoms with van der Waals surface area (Å²) in [4.78, 5) is 23.3. The summed E-state index contributed by atoms with van der Waals surface area (Å²) in [6.07, 6.45) is -6.39. The maximum atomic E-state index is 11.9. The van der Waals surface area contributed by atoms with Crippen LogP contribution in [0.5, 0.6) is 0 Å². The van der Waals surface area contributed by atoms with E-state index in [-0.39, 0.29) is 6.42 Å². The van der Waals surface area contributed by atoms with Gasteiger partial charge in [-0.25, -0.2) is 4.79 Å². The Morgan fingerprint density at radius 1 is 1.33 bits per heavy atom. The van der Waals surface area contributed by atoms with Crippen molar-refractivity contribution in [2.45, 2.75) is 70.2 Å². The Hall–Kier alpha value is -1.26. The Morgan fingerprint density at radius 3 is 2.25 bits per heavy atom. The summed E-state index contributed by atoms with van der Waals surface area (Å²) >= 11 is 0. The second kappa shape index (κ2) is 7.32. The van der Waals surface area contributed by atoms with E-state index in [4.69, 9.17) is 9.84 Å². The van der Waals surface area contributed by atoms with Crippen LogP contribution >= 0.6 is 0 Å². The van der Waals surface area contributed by atoms with Crippen molar-refractivity contribution in [2.75, 3.05) is 6.61 Å². The maximum Gasteiger partial charge on any atom is 0.336 e. The average Bonchev–Trinajstić information content (AvgIpc) is 2.45. The van der Waals surface area contributed by atoms with Gasteiger partial charge in [0, 0.05) is 18.8 Å². The molecule has 1 fully saturated rings. The molecule has 0 aromatic carbocycles. The predicted molar refractivity (Wildman–Crippen MR) is 82.0 cm³/mol. The Morgan fingerprint density at radius 2 is 1.88 bits per heavy atom. The van der Waals surface area contributed by atoms with Crippen LogP contribution in [-0.2, 0) is 14.3 Å². The summed E-state index contributed by atoms with van der Waals surface area (Å²) in [6.45, 7) is 5.23. The van der Waals surface area contributed by atoms with Crippen molar-refractivity contribution >= 4 is 11.9 Å². The molecule has 0 saturated carbocycles. The van der Waals surface area contributed by atoms with Crippen molar-refractivity contribution in [2.24, 2.45) is 5.41 Å². The SMILES string of the molecule is CC(=O)NC1C(O)CC(C(=O)O)(C(C)(C)C)OC1C(O)C(O)CO. The van der Waals surface area contributed by atoms with Gasteiger partial charge in [0.2, 0.25) is 5.91 Å². The van der Waals surface area contributed by atoms with Gasteiger partial charge < -0.3 is 35.6 Å². The molecule has 0 spiro atoms. The second-order valence-corrected chi connectivity index (χ2v) is 7.20. The Kier molecular flexibility index (Phi) is 6.34. The number of aliphatic carboxylic acids is 1. The summed E-state index contributed by atoms with van der Waals surface area (Å²) in [5, 5.41) is 51.5. The number of ether oxygens (including phenoxy) is 1. The first-order valence-corrected chi connectivity index (χ1v) is 7.70. The summed E-state index contributed by atoms with van der Waals surface area (Å²) in [5.41, 5.74) is -2.80. The van der Waals surface area contributed by atoms with Crippen LogP contribution in [-0.4, -0.2) is 80.1 Å². The number of amides is 1. The molecule has 9 heteroatoms. The molecule has 1 aliphatic rings. The number of carboxylic acid groups (broad SMARTS) is 1. The second-order valence-electron chi connectivity index (χ2n) is 7.20. The van der Waals surface area contributed by atoms with Crippen molar-refractivity contribution in [3.63, 3.8) is 0 Å². The number of nitrogens with one attached hydrogen (secondary N) is 1. The normalized spacial score (nSPS) is 33.6. The minimum absolute atomic E-state index is 0.310. The molecule has 1 rings (SSSR count). The summed E-state index contributed by atoms with van der Waals surface area (Å²) in [6, 6.07) is -1.13. The lowest BCUT2D eigenvalue weighted by atomic mass is 9.69. The average molecular weight is 349 g/mol. The molecule has 0 aromatic heterocycles. The third kappa shape index (κ3) is 3.86. The van der Waals surface area contributed by atoms with Crippen LogP contribution < -0.4 is 5.32 Å². The van der Waals surface area contributed by atoms with Crippen molar-refractivity contribution in [1.29, 1.82) is 0 Å². The van der Waals surface area contributed by atoms with Crippen LogP contribution in [0.2, 0.25) is 0 Å². The van der Waals surface area contributed by atoms with Gasteiger partial charge in [0.25, 0.3) is 0 Å². The molecular formula is C15H27NO8. The van der Waals surface area contributed by atoms with E-state index in [1.54, 1.807) is 20.8 Å². The van der Waals surface area contributed by atoms with E-state index in [0.29, 0.717) is 0 Å². The Labute approximate surface area is 140 Å². The minimum atomic E-state index is -1.85. The highest BCUT2D eigenvalue weighted by molar-refractivity contribution is 5.79. The van der Waals surface area contributed by atoms with Crippen LogP contribution in [0.15, 0.2) is 0 Å². The molecule has 1 aliphatic heterocycles. The number of hydrogen-bond donors (Lipinski definition) is 6. The third-order valence-corrected chi connectivity index (χ3v) is 4.45. The zero-order valence-electron chi connectivity index (χ0n) is 14.3.